The maximum absolute atomic E-state index is 13.5. The van der Waals surface area contributed by atoms with E-state index in [0.29, 0.717) is 35.8 Å². The van der Waals surface area contributed by atoms with Crippen molar-refractivity contribution in [2.75, 3.05) is 13.2 Å². The minimum Gasteiger partial charge on any atom is -0.493 e. The second-order valence-electron chi connectivity index (χ2n) is 11.5. The van der Waals surface area contributed by atoms with Gasteiger partial charge in [0.1, 0.15) is 11.5 Å². The maximum Gasteiger partial charge on any atom is 0.254 e. The Morgan fingerprint density at radius 3 is 1.29 bits per heavy atom. The Morgan fingerprint density at radius 2 is 0.976 bits per heavy atom. The molecule has 0 heterocycles. The van der Waals surface area contributed by atoms with E-state index in [2.05, 4.69) is 13.8 Å². The summed E-state index contributed by atoms with van der Waals surface area (Å²) in [7, 11) is -8.82. The van der Waals surface area contributed by atoms with Gasteiger partial charge in [0.15, 0.2) is 0 Å². The van der Waals surface area contributed by atoms with E-state index in [1.165, 1.54) is 0 Å². The van der Waals surface area contributed by atoms with Crippen molar-refractivity contribution >= 4 is 20.0 Å². The molecule has 232 valence electrons. The zero-order valence-electron chi connectivity index (χ0n) is 26.3. The van der Waals surface area contributed by atoms with Crippen LogP contribution in [0, 0.1) is 13.8 Å². The highest BCUT2D eigenvalue weighted by atomic mass is 32.3. The second kappa shape index (κ2) is 15.9. The third kappa shape index (κ3) is 10.00. The summed E-state index contributed by atoms with van der Waals surface area (Å²) in [5, 5.41) is 0. The van der Waals surface area contributed by atoms with Crippen molar-refractivity contribution in [2.45, 2.75) is 128 Å². The Labute approximate surface area is 249 Å². The fourth-order valence-corrected chi connectivity index (χ4v) is 8.15. The van der Waals surface area contributed by atoms with Crippen LogP contribution in [0.1, 0.15) is 127 Å². The molecule has 0 atom stereocenters. The summed E-state index contributed by atoms with van der Waals surface area (Å²) in [5.41, 5.74) is 2.30. The van der Waals surface area contributed by atoms with Gasteiger partial charge in [0.25, 0.3) is 20.0 Å². The van der Waals surface area contributed by atoms with Crippen molar-refractivity contribution in [1.82, 2.24) is 4.13 Å². The lowest BCUT2D eigenvalue weighted by atomic mass is 10.0. The van der Waals surface area contributed by atoms with Crippen molar-refractivity contribution in [3.8, 4) is 11.5 Å². The number of nitrogens with one attached hydrogen (secondary N) is 1. The third-order valence-electron chi connectivity index (χ3n) is 7.17. The van der Waals surface area contributed by atoms with Crippen LogP contribution in [-0.4, -0.2) is 30.0 Å². The normalized spacial score (nSPS) is 12.3. The molecular formula is C32H51NO6S2. The number of hydrogen-bond donors (Lipinski definition) is 1. The number of aryl methyl sites for hydroxylation is 2. The van der Waals surface area contributed by atoms with Crippen LogP contribution in [0.25, 0.3) is 0 Å². The molecule has 2 rings (SSSR count). The standard InChI is InChI=1S/C32H51NO6S2/c1-9-11-13-15-17-38-29-19-25(7)31(21-27(29)23(3)4)40(34,35)33-41(36,37)32-22-28(24(5)6)30(20-26(32)8)39-18-16-14-12-10-2/h19-24,33H,9-18H2,1-8H3. The minimum absolute atomic E-state index is 0.0165. The lowest BCUT2D eigenvalue weighted by molar-refractivity contribution is 0.300. The van der Waals surface area contributed by atoms with E-state index in [9.17, 15) is 16.8 Å². The highest BCUT2D eigenvalue weighted by Crippen LogP contribution is 2.34. The zero-order valence-corrected chi connectivity index (χ0v) is 27.9. The van der Waals surface area contributed by atoms with Crippen molar-refractivity contribution in [3.05, 3.63) is 46.5 Å². The number of rotatable bonds is 18. The highest BCUT2D eigenvalue weighted by Gasteiger charge is 2.30. The summed E-state index contributed by atoms with van der Waals surface area (Å²) in [5.74, 6) is 1.24. The number of benzene rings is 2. The molecule has 0 saturated heterocycles. The van der Waals surface area contributed by atoms with Gasteiger partial charge in [0.2, 0.25) is 0 Å². The molecule has 0 fully saturated rings. The fraction of sp³-hybridized carbons (Fsp3) is 0.625. The molecule has 41 heavy (non-hydrogen) atoms. The van der Waals surface area contributed by atoms with Gasteiger partial charge in [-0.15, -0.1) is 4.13 Å². The smallest absolute Gasteiger partial charge is 0.254 e. The predicted molar refractivity (Wildman–Crippen MR) is 167 cm³/mol. The zero-order chi connectivity index (χ0) is 30.8. The molecule has 0 bridgehead atoms. The van der Waals surface area contributed by atoms with Gasteiger partial charge >= 0.3 is 0 Å². The SMILES string of the molecule is CCCCCCOc1cc(C)c(S(=O)(=O)NS(=O)(=O)c2cc(C(C)C)c(OCCCCCC)cc2C)cc1C(C)C. The molecule has 2 aromatic rings. The minimum atomic E-state index is -4.41. The van der Waals surface area contributed by atoms with E-state index in [1.54, 1.807) is 38.1 Å². The molecule has 0 spiro atoms. The number of unbranched alkanes of at least 4 members (excludes halogenated alkanes) is 6. The molecule has 0 saturated carbocycles. The van der Waals surface area contributed by atoms with E-state index >= 15 is 0 Å². The van der Waals surface area contributed by atoms with Gasteiger partial charge in [0.05, 0.1) is 23.0 Å². The monoisotopic (exact) mass is 609 g/mol. The average molecular weight is 610 g/mol. The Kier molecular flexibility index (Phi) is 13.6. The molecule has 7 nitrogen and oxygen atoms in total. The van der Waals surface area contributed by atoms with E-state index in [4.69, 9.17) is 9.47 Å². The lowest BCUT2D eigenvalue weighted by Gasteiger charge is -2.20. The van der Waals surface area contributed by atoms with Gasteiger partial charge in [-0.3, -0.25) is 0 Å². The van der Waals surface area contributed by atoms with Crippen molar-refractivity contribution in [1.29, 1.82) is 0 Å². The van der Waals surface area contributed by atoms with Gasteiger partial charge in [-0.1, -0.05) is 80.1 Å². The molecule has 0 unspecified atom stereocenters. The van der Waals surface area contributed by atoms with Crippen molar-refractivity contribution in [2.24, 2.45) is 0 Å². The Bertz CT molecular complexity index is 1250. The van der Waals surface area contributed by atoms with E-state index in [0.717, 1.165) is 62.5 Å². The highest BCUT2D eigenvalue weighted by molar-refractivity contribution is 8.04. The topological polar surface area (TPSA) is 98.8 Å². The van der Waals surface area contributed by atoms with Crippen LogP contribution in [0.2, 0.25) is 0 Å². The molecule has 1 N–H and O–H groups in total. The lowest BCUT2D eigenvalue weighted by Crippen LogP contribution is -2.32. The third-order valence-corrected chi connectivity index (χ3v) is 11.0. The number of hydrogen-bond acceptors (Lipinski definition) is 6. The van der Waals surface area contributed by atoms with Crippen LogP contribution in [0.3, 0.4) is 0 Å². The van der Waals surface area contributed by atoms with Gasteiger partial charge in [-0.25, -0.2) is 16.8 Å². The number of ether oxygens (including phenoxy) is 2. The molecule has 0 aromatic heterocycles. The second-order valence-corrected chi connectivity index (χ2v) is 15.1. The first-order valence-corrected chi connectivity index (χ1v) is 18.0. The Hall–Kier alpha value is -2.10. The quantitative estimate of drug-likeness (QED) is 0.171. The van der Waals surface area contributed by atoms with Crippen LogP contribution in [0.4, 0.5) is 0 Å². The van der Waals surface area contributed by atoms with Crippen molar-refractivity contribution < 1.29 is 26.3 Å². The Morgan fingerprint density at radius 1 is 0.610 bits per heavy atom. The summed E-state index contributed by atoms with van der Waals surface area (Å²) in [4.78, 5) is -0.145. The molecule has 0 radical (unpaired) electrons. The number of sulfonamides is 2. The average Bonchev–Trinajstić information content (AvgIpc) is 2.87. The molecule has 9 heteroatoms. The summed E-state index contributed by atoms with van der Waals surface area (Å²) < 4.78 is 68.2. The van der Waals surface area contributed by atoms with Gasteiger partial charge in [0, 0.05) is 0 Å². The summed E-state index contributed by atoms with van der Waals surface area (Å²) >= 11 is 0. The summed E-state index contributed by atoms with van der Waals surface area (Å²) in [6, 6.07) is 6.48. The van der Waals surface area contributed by atoms with Crippen LogP contribution in [0.15, 0.2) is 34.1 Å². The summed E-state index contributed by atoms with van der Waals surface area (Å²) in [6.45, 7) is 16.5. The van der Waals surface area contributed by atoms with E-state index < -0.39 is 20.0 Å². The molecule has 0 aliphatic rings. The fourth-order valence-electron chi connectivity index (χ4n) is 4.74. The van der Waals surface area contributed by atoms with Crippen LogP contribution in [0.5, 0.6) is 11.5 Å². The van der Waals surface area contributed by atoms with Gasteiger partial charge in [-0.2, -0.15) is 0 Å². The van der Waals surface area contributed by atoms with Crippen LogP contribution < -0.4 is 13.6 Å². The van der Waals surface area contributed by atoms with E-state index in [1.807, 2.05) is 31.8 Å². The first-order valence-electron chi connectivity index (χ1n) is 15.1. The van der Waals surface area contributed by atoms with Crippen LogP contribution in [-0.2, 0) is 20.0 Å². The summed E-state index contributed by atoms with van der Waals surface area (Å²) in [6.07, 6.45) is 8.54. The molecule has 0 amide bonds. The molecule has 0 aliphatic heterocycles. The predicted octanol–water partition coefficient (Wildman–Crippen LogP) is 8.14. The van der Waals surface area contributed by atoms with Gasteiger partial charge in [-0.05, 0) is 85.0 Å². The Balaban J connectivity index is 2.37. The van der Waals surface area contributed by atoms with Gasteiger partial charge < -0.3 is 9.47 Å². The maximum atomic E-state index is 13.5. The largest absolute Gasteiger partial charge is 0.493 e. The molecule has 0 aliphatic carbocycles. The van der Waals surface area contributed by atoms with Crippen molar-refractivity contribution in [3.63, 3.8) is 0 Å². The van der Waals surface area contributed by atoms with Crippen LogP contribution >= 0.6 is 0 Å². The first-order chi connectivity index (χ1) is 19.2. The molecular weight excluding hydrogens is 558 g/mol. The van der Waals surface area contributed by atoms with E-state index in [-0.39, 0.29) is 21.6 Å². The molecule has 2 aromatic carbocycles. The first kappa shape index (κ1) is 35.1.